The predicted molar refractivity (Wildman–Crippen MR) is 110 cm³/mol. The van der Waals surface area contributed by atoms with Gasteiger partial charge >= 0.3 is 0 Å². The summed E-state index contributed by atoms with van der Waals surface area (Å²) < 4.78 is 11.8. The number of ether oxygens (including phenoxy) is 2. The molecule has 6 nitrogen and oxygen atoms in total. The molecule has 0 saturated heterocycles. The minimum atomic E-state index is -0.261. The average Bonchev–Trinajstić information content (AvgIpc) is 2.72. The Balaban J connectivity index is 1.43. The standard InChI is InChI=1S/C22H27N3O3/c1-15(25-12-6-7-17-18(23)8-5-9-19(17)25)22(26)24(2)13-16-14-27-20-10-3-4-11-21(20)28-16/h3-5,8-11,15-16H,6-7,12-14,23H2,1-2H3. The van der Waals surface area contributed by atoms with Gasteiger partial charge in [-0.05, 0) is 49.6 Å². The van der Waals surface area contributed by atoms with Crippen LogP contribution in [0.25, 0.3) is 0 Å². The molecule has 0 saturated carbocycles. The molecule has 0 fully saturated rings. The lowest BCUT2D eigenvalue weighted by Gasteiger charge is -2.38. The normalized spacial score (nSPS) is 18.9. The van der Waals surface area contributed by atoms with Gasteiger partial charge in [-0.15, -0.1) is 0 Å². The van der Waals surface area contributed by atoms with E-state index in [9.17, 15) is 4.79 Å². The molecule has 2 aliphatic heterocycles. The number of nitrogen functional groups attached to an aromatic ring is 1. The van der Waals surface area contributed by atoms with Crippen LogP contribution in [0.3, 0.4) is 0 Å². The third kappa shape index (κ3) is 3.46. The molecular weight excluding hydrogens is 354 g/mol. The van der Waals surface area contributed by atoms with Gasteiger partial charge in [0.15, 0.2) is 17.6 Å². The minimum absolute atomic E-state index is 0.0673. The Hall–Kier alpha value is -2.89. The second-order valence-electron chi connectivity index (χ2n) is 7.53. The van der Waals surface area contributed by atoms with Gasteiger partial charge in [0.25, 0.3) is 0 Å². The van der Waals surface area contributed by atoms with Crippen molar-refractivity contribution in [3.05, 3.63) is 48.0 Å². The number of hydrogen-bond acceptors (Lipinski definition) is 5. The van der Waals surface area contributed by atoms with Gasteiger partial charge in [-0.2, -0.15) is 0 Å². The third-order valence-electron chi connectivity index (χ3n) is 5.57. The SMILES string of the molecule is CC(C(=O)N(C)CC1COc2ccccc2O1)N1CCCc2c(N)cccc21. The number of nitrogens with two attached hydrogens (primary N) is 1. The van der Waals surface area contributed by atoms with E-state index in [0.717, 1.165) is 47.8 Å². The highest BCUT2D eigenvalue weighted by Gasteiger charge is 2.30. The number of benzene rings is 2. The molecule has 0 aromatic heterocycles. The molecule has 2 aliphatic rings. The highest BCUT2D eigenvalue weighted by atomic mass is 16.6. The molecule has 148 valence electrons. The monoisotopic (exact) mass is 381 g/mol. The maximum Gasteiger partial charge on any atom is 0.244 e. The molecule has 2 aromatic rings. The van der Waals surface area contributed by atoms with Crippen LogP contribution in [-0.4, -0.2) is 49.7 Å². The summed E-state index contributed by atoms with van der Waals surface area (Å²) in [6.45, 7) is 3.74. The Kier molecular flexibility index (Phi) is 5.03. The maximum absolute atomic E-state index is 13.1. The van der Waals surface area contributed by atoms with Gasteiger partial charge in [0, 0.05) is 25.0 Å². The largest absolute Gasteiger partial charge is 0.486 e. The fourth-order valence-electron chi connectivity index (χ4n) is 4.08. The molecule has 28 heavy (non-hydrogen) atoms. The van der Waals surface area contributed by atoms with Gasteiger partial charge in [-0.3, -0.25) is 4.79 Å². The van der Waals surface area contributed by atoms with Crippen LogP contribution in [-0.2, 0) is 11.2 Å². The van der Waals surface area contributed by atoms with Crippen LogP contribution in [0.5, 0.6) is 11.5 Å². The first kappa shape index (κ1) is 18.5. The molecule has 0 bridgehead atoms. The van der Waals surface area contributed by atoms with Crippen molar-refractivity contribution in [2.75, 3.05) is 37.4 Å². The van der Waals surface area contributed by atoms with E-state index < -0.39 is 0 Å². The number of carbonyl (C=O) groups excluding carboxylic acids is 1. The molecule has 4 rings (SSSR count). The fourth-order valence-corrected chi connectivity index (χ4v) is 4.08. The molecule has 2 atom stereocenters. The molecule has 0 spiro atoms. The summed E-state index contributed by atoms with van der Waals surface area (Å²) in [5.41, 5.74) is 9.18. The quantitative estimate of drug-likeness (QED) is 0.825. The van der Waals surface area contributed by atoms with Gasteiger partial charge in [-0.1, -0.05) is 18.2 Å². The predicted octanol–water partition coefficient (Wildman–Crippen LogP) is 2.71. The summed E-state index contributed by atoms with van der Waals surface area (Å²) in [7, 11) is 1.83. The molecule has 1 amide bonds. The number of hydrogen-bond donors (Lipinski definition) is 1. The van der Waals surface area contributed by atoms with E-state index in [1.807, 2.05) is 50.4 Å². The smallest absolute Gasteiger partial charge is 0.244 e. The highest BCUT2D eigenvalue weighted by Crippen LogP contribution is 2.33. The number of fused-ring (bicyclic) bond motifs is 2. The van der Waals surface area contributed by atoms with E-state index in [2.05, 4.69) is 11.0 Å². The number of carbonyl (C=O) groups is 1. The zero-order chi connectivity index (χ0) is 19.7. The highest BCUT2D eigenvalue weighted by molar-refractivity contribution is 5.86. The number of anilines is 2. The summed E-state index contributed by atoms with van der Waals surface area (Å²) in [4.78, 5) is 17.0. The molecule has 0 radical (unpaired) electrons. The van der Waals surface area contributed by atoms with E-state index in [1.54, 1.807) is 4.90 Å². The van der Waals surface area contributed by atoms with Gasteiger partial charge in [0.1, 0.15) is 12.6 Å². The molecule has 0 aliphatic carbocycles. The van der Waals surface area contributed by atoms with Crippen LogP contribution in [0.1, 0.15) is 18.9 Å². The second-order valence-corrected chi connectivity index (χ2v) is 7.53. The molecule has 2 aromatic carbocycles. The van der Waals surface area contributed by atoms with Crippen molar-refractivity contribution in [2.24, 2.45) is 0 Å². The lowest BCUT2D eigenvalue weighted by molar-refractivity contribution is -0.132. The van der Waals surface area contributed by atoms with Gasteiger partial charge in [0.05, 0.1) is 6.54 Å². The summed E-state index contributed by atoms with van der Waals surface area (Å²) in [5, 5.41) is 0. The summed E-state index contributed by atoms with van der Waals surface area (Å²) in [5.74, 6) is 1.55. The summed E-state index contributed by atoms with van der Waals surface area (Å²) >= 11 is 0. The lowest BCUT2D eigenvalue weighted by Crippen LogP contribution is -2.50. The first-order chi connectivity index (χ1) is 13.5. The van der Waals surface area contributed by atoms with Gasteiger partial charge < -0.3 is 25.0 Å². The van der Waals surface area contributed by atoms with Crippen molar-refractivity contribution >= 4 is 17.3 Å². The van der Waals surface area contributed by atoms with Crippen molar-refractivity contribution in [3.8, 4) is 11.5 Å². The first-order valence-electron chi connectivity index (χ1n) is 9.82. The van der Waals surface area contributed by atoms with Crippen molar-refractivity contribution in [2.45, 2.75) is 31.9 Å². The van der Waals surface area contributed by atoms with Crippen LogP contribution >= 0.6 is 0 Å². The van der Waals surface area contributed by atoms with Gasteiger partial charge in [0.2, 0.25) is 5.91 Å². The Morgan fingerprint density at radius 3 is 2.86 bits per heavy atom. The van der Waals surface area contributed by atoms with Gasteiger partial charge in [-0.25, -0.2) is 0 Å². The average molecular weight is 381 g/mol. The molecular formula is C22H27N3O3. The zero-order valence-electron chi connectivity index (χ0n) is 16.4. The number of rotatable bonds is 4. The second kappa shape index (κ2) is 7.62. The molecule has 2 unspecified atom stereocenters. The van der Waals surface area contributed by atoms with E-state index in [1.165, 1.54) is 0 Å². The van der Waals surface area contributed by atoms with E-state index >= 15 is 0 Å². The first-order valence-corrected chi connectivity index (χ1v) is 9.82. The summed E-state index contributed by atoms with van der Waals surface area (Å²) in [6.07, 6.45) is 1.78. The number of likely N-dealkylation sites (N-methyl/N-ethyl adjacent to an activating group) is 1. The Morgan fingerprint density at radius 1 is 1.25 bits per heavy atom. The van der Waals surface area contributed by atoms with Crippen LogP contribution in [0, 0.1) is 0 Å². The van der Waals surface area contributed by atoms with Crippen LogP contribution in [0.4, 0.5) is 11.4 Å². The number of amides is 1. The number of nitrogens with zero attached hydrogens (tertiary/aromatic N) is 2. The fraction of sp³-hybridized carbons (Fsp3) is 0.409. The maximum atomic E-state index is 13.1. The van der Waals surface area contributed by atoms with Crippen LogP contribution < -0.4 is 20.1 Å². The molecule has 2 heterocycles. The molecule has 2 N–H and O–H groups in total. The topological polar surface area (TPSA) is 68.0 Å². The summed E-state index contributed by atoms with van der Waals surface area (Å²) in [6, 6.07) is 13.3. The Bertz CT molecular complexity index is 870. The van der Waals surface area contributed by atoms with Crippen molar-refractivity contribution in [1.29, 1.82) is 0 Å². The van der Waals surface area contributed by atoms with Crippen molar-refractivity contribution in [3.63, 3.8) is 0 Å². The van der Waals surface area contributed by atoms with Crippen molar-refractivity contribution in [1.82, 2.24) is 4.90 Å². The number of para-hydroxylation sites is 2. The van der Waals surface area contributed by atoms with E-state index in [4.69, 9.17) is 15.2 Å². The Labute approximate surface area is 165 Å². The molecule has 6 heteroatoms. The Morgan fingerprint density at radius 2 is 2.04 bits per heavy atom. The van der Waals surface area contributed by atoms with Crippen molar-refractivity contribution < 1.29 is 14.3 Å². The van der Waals surface area contributed by atoms with E-state index in [0.29, 0.717) is 13.2 Å². The van der Waals surface area contributed by atoms with Crippen LogP contribution in [0.15, 0.2) is 42.5 Å². The van der Waals surface area contributed by atoms with Crippen LogP contribution in [0.2, 0.25) is 0 Å². The minimum Gasteiger partial charge on any atom is -0.486 e. The zero-order valence-corrected chi connectivity index (χ0v) is 16.4. The van der Waals surface area contributed by atoms with E-state index in [-0.39, 0.29) is 18.1 Å². The lowest BCUT2D eigenvalue weighted by atomic mass is 9.98. The third-order valence-corrected chi connectivity index (χ3v) is 5.57.